The smallest absolute Gasteiger partial charge is 0.349 e. The lowest BCUT2D eigenvalue weighted by molar-refractivity contribution is -0.140. The third kappa shape index (κ3) is 4.92. The van der Waals surface area contributed by atoms with Crippen LogP contribution in [0.1, 0.15) is 23.7 Å². The van der Waals surface area contributed by atoms with Crippen LogP contribution in [0.25, 0.3) is 11.0 Å². The highest BCUT2D eigenvalue weighted by atomic mass is 16.5. The van der Waals surface area contributed by atoms with Crippen molar-refractivity contribution in [3.05, 3.63) is 46.3 Å². The molecule has 2 amide bonds. The standard InChI is InChI=1S/C18H20N2O6/c1-12(21)19-8-10-20(9-7-16(22)25-2)17(23)14-11-13-5-3-4-6-15(13)26-18(14)24/h3-6,11H,7-10H2,1-2H3,(H,19,21). The van der Waals surface area contributed by atoms with E-state index in [4.69, 9.17) is 4.42 Å². The minimum atomic E-state index is -0.753. The van der Waals surface area contributed by atoms with Crippen molar-refractivity contribution in [1.82, 2.24) is 10.2 Å². The maximum absolute atomic E-state index is 12.8. The van der Waals surface area contributed by atoms with E-state index in [2.05, 4.69) is 10.1 Å². The third-order valence-corrected chi connectivity index (χ3v) is 3.73. The number of hydrogen-bond acceptors (Lipinski definition) is 6. The van der Waals surface area contributed by atoms with Crippen LogP contribution in [0, 0.1) is 0 Å². The van der Waals surface area contributed by atoms with Crippen molar-refractivity contribution in [2.24, 2.45) is 0 Å². The first-order valence-corrected chi connectivity index (χ1v) is 8.05. The Kier molecular flexibility index (Phi) is 6.48. The topological polar surface area (TPSA) is 106 Å². The minimum absolute atomic E-state index is 0.0266. The van der Waals surface area contributed by atoms with Crippen molar-refractivity contribution in [3.8, 4) is 0 Å². The van der Waals surface area contributed by atoms with Crippen molar-refractivity contribution in [3.63, 3.8) is 0 Å². The van der Waals surface area contributed by atoms with E-state index in [9.17, 15) is 19.2 Å². The Hall–Kier alpha value is -3.16. The molecule has 8 nitrogen and oxygen atoms in total. The van der Waals surface area contributed by atoms with Gasteiger partial charge in [0.05, 0.1) is 13.5 Å². The summed E-state index contributed by atoms with van der Waals surface area (Å²) in [4.78, 5) is 48.7. The highest BCUT2D eigenvalue weighted by Gasteiger charge is 2.21. The number of esters is 1. The summed E-state index contributed by atoms with van der Waals surface area (Å²) in [5, 5.41) is 3.19. The predicted octanol–water partition coefficient (Wildman–Crippen LogP) is 0.934. The first kappa shape index (κ1) is 19.2. The van der Waals surface area contributed by atoms with Gasteiger partial charge in [-0.15, -0.1) is 0 Å². The molecule has 0 bridgehead atoms. The SMILES string of the molecule is COC(=O)CCN(CCNC(C)=O)C(=O)c1cc2ccccc2oc1=O. The van der Waals surface area contributed by atoms with Gasteiger partial charge in [0.1, 0.15) is 11.1 Å². The van der Waals surface area contributed by atoms with E-state index >= 15 is 0 Å². The third-order valence-electron chi connectivity index (χ3n) is 3.73. The van der Waals surface area contributed by atoms with E-state index < -0.39 is 17.5 Å². The van der Waals surface area contributed by atoms with Gasteiger partial charge in [-0.2, -0.15) is 0 Å². The van der Waals surface area contributed by atoms with Crippen LogP contribution in [-0.2, 0) is 14.3 Å². The van der Waals surface area contributed by atoms with Crippen LogP contribution in [0.5, 0.6) is 0 Å². The lowest BCUT2D eigenvalue weighted by Gasteiger charge is -2.22. The first-order chi connectivity index (χ1) is 12.4. The van der Waals surface area contributed by atoms with E-state index in [0.717, 1.165) is 0 Å². The molecular formula is C18H20N2O6. The fourth-order valence-corrected chi connectivity index (χ4v) is 2.39. The molecule has 0 aliphatic carbocycles. The average Bonchev–Trinajstić information content (AvgIpc) is 2.62. The summed E-state index contributed by atoms with van der Waals surface area (Å²) in [6, 6.07) is 8.32. The van der Waals surface area contributed by atoms with Gasteiger partial charge >= 0.3 is 11.6 Å². The molecule has 2 aromatic rings. The summed E-state index contributed by atoms with van der Waals surface area (Å²) in [5.41, 5.74) is -0.499. The molecule has 1 N–H and O–H groups in total. The van der Waals surface area contributed by atoms with Gasteiger partial charge in [-0.05, 0) is 12.1 Å². The summed E-state index contributed by atoms with van der Waals surface area (Å²) < 4.78 is 9.77. The summed E-state index contributed by atoms with van der Waals surface area (Å²) in [6.45, 7) is 1.75. The zero-order valence-electron chi connectivity index (χ0n) is 14.6. The molecule has 26 heavy (non-hydrogen) atoms. The van der Waals surface area contributed by atoms with Gasteiger partial charge in [0.15, 0.2) is 0 Å². The van der Waals surface area contributed by atoms with Crippen molar-refractivity contribution >= 4 is 28.8 Å². The number of carbonyl (C=O) groups excluding carboxylic acids is 3. The molecule has 0 unspecified atom stereocenters. The minimum Gasteiger partial charge on any atom is -0.469 e. The molecular weight excluding hydrogens is 340 g/mol. The Labute approximate surface area is 149 Å². The molecule has 0 saturated carbocycles. The molecule has 1 heterocycles. The van der Waals surface area contributed by atoms with Gasteiger partial charge in [-0.25, -0.2) is 4.79 Å². The number of hydrogen-bond donors (Lipinski definition) is 1. The Morgan fingerprint density at radius 2 is 1.92 bits per heavy atom. The molecule has 8 heteroatoms. The van der Waals surface area contributed by atoms with E-state index in [1.165, 1.54) is 25.0 Å². The fourth-order valence-electron chi connectivity index (χ4n) is 2.39. The van der Waals surface area contributed by atoms with Gasteiger partial charge in [0.2, 0.25) is 5.91 Å². The van der Waals surface area contributed by atoms with Crippen molar-refractivity contribution < 1.29 is 23.5 Å². The number of nitrogens with zero attached hydrogens (tertiary/aromatic N) is 1. The van der Waals surface area contributed by atoms with Crippen molar-refractivity contribution in [2.45, 2.75) is 13.3 Å². The van der Waals surface area contributed by atoms with Crippen molar-refractivity contribution in [2.75, 3.05) is 26.7 Å². The van der Waals surface area contributed by atoms with E-state index in [0.29, 0.717) is 11.0 Å². The molecule has 0 aliphatic heterocycles. The number of rotatable bonds is 7. The van der Waals surface area contributed by atoms with Gasteiger partial charge in [0, 0.05) is 31.9 Å². The molecule has 1 aromatic heterocycles. The van der Waals surface area contributed by atoms with Crippen LogP contribution < -0.4 is 10.9 Å². The maximum atomic E-state index is 12.8. The van der Waals surface area contributed by atoms with Crippen LogP contribution in [0.3, 0.4) is 0 Å². The summed E-state index contributed by atoms with van der Waals surface area (Å²) in [6.07, 6.45) is -0.0266. The van der Waals surface area contributed by atoms with Gasteiger partial charge < -0.3 is 19.4 Å². The quantitative estimate of drug-likeness (QED) is 0.582. The molecule has 0 aliphatic rings. The lowest BCUT2D eigenvalue weighted by Crippen LogP contribution is -2.40. The Balaban J connectivity index is 2.25. The number of benzene rings is 1. The zero-order chi connectivity index (χ0) is 19.1. The number of nitrogens with one attached hydrogen (secondary N) is 1. The molecule has 138 valence electrons. The zero-order valence-corrected chi connectivity index (χ0v) is 14.6. The van der Waals surface area contributed by atoms with E-state index in [1.807, 2.05) is 0 Å². The van der Waals surface area contributed by atoms with E-state index in [-0.39, 0.29) is 37.5 Å². The molecule has 0 saturated heterocycles. The van der Waals surface area contributed by atoms with Crippen molar-refractivity contribution in [1.29, 1.82) is 0 Å². The number of fused-ring (bicyclic) bond motifs is 1. The van der Waals surface area contributed by atoms with Crippen LogP contribution in [0.15, 0.2) is 39.5 Å². The molecule has 0 fully saturated rings. The first-order valence-electron chi connectivity index (χ1n) is 8.05. The normalized spacial score (nSPS) is 10.4. The Bertz CT molecular complexity index is 873. The highest BCUT2D eigenvalue weighted by Crippen LogP contribution is 2.14. The Morgan fingerprint density at radius 3 is 2.62 bits per heavy atom. The number of methoxy groups -OCH3 is 1. The fraction of sp³-hybridized carbons (Fsp3) is 0.333. The average molecular weight is 360 g/mol. The lowest BCUT2D eigenvalue weighted by atomic mass is 10.1. The molecule has 0 spiro atoms. The van der Waals surface area contributed by atoms with Gasteiger partial charge in [-0.3, -0.25) is 14.4 Å². The monoisotopic (exact) mass is 360 g/mol. The van der Waals surface area contributed by atoms with Gasteiger partial charge in [0.25, 0.3) is 5.91 Å². The van der Waals surface area contributed by atoms with Crippen LogP contribution in [0.4, 0.5) is 0 Å². The molecule has 1 aromatic carbocycles. The summed E-state index contributed by atoms with van der Waals surface area (Å²) in [5.74, 6) is -1.29. The number of ether oxygens (including phenoxy) is 1. The van der Waals surface area contributed by atoms with Crippen LogP contribution >= 0.6 is 0 Å². The second kappa shape index (κ2) is 8.80. The number of amides is 2. The number of para-hydroxylation sites is 1. The molecule has 0 radical (unpaired) electrons. The second-order valence-corrected chi connectivity index (χ2v) is 5.59. The van der Waals surface area contributed by atoms with E-state index in [1.54, 1.807) is 24.3 Å². The Morgan fingerprint density at radius 1 is 1.19 bits per heavy atom. The van der Waals surface area contributed by atoms with Crippen LogP contribution in [0.2, 0.25) is 0 Å². The largest absolute Gasteiger partial charge is 0.469 e. The summed E-state index contributed by atoms with van der Waals surface area (Å²) >= 11 is 0. The predicted molar refractivity (Wildman–Crippen MR) is 93.7 cm³/mol. The second-order valence-electron chi connectivity index (χ2n) is 5.59. The van der Waals surface area contributed by atoms with Gasteiger partial charge in [-0.1, -0.05) is 18.2 Å². The molecule has 0 atom stereocenters. The summed E-state index contributed by atoms with van der Waals surface area (Å²) in [7, 11) is 1.25. The highest BCUT2D eigenvalue weighted by molar-refractivity contribution is 5.96. The van der Waals surface area contributed by atoms with Crippen LogP contribution in [-0.4, -0.2) is 49.4 Å². The maximum Gasteiger partial charge on any atom is 0.349 e. The molecule has 2 rings (SSSR count). The number of carbonyl (C=O) groups is 3.